The molecule has 6 nitrogen and oxygen atoms in total. The van der Waals surface area contributed by atoms with E-state index in [2.05, 4.69) is 24.1 Å². The molecule has 1 N–H and O–H groups in total. The largest absolute Gasteiger partial charge is 0.496 e. The van der Waals surface area contributed by atoms with Gasteiger partial charge < -0.3 is 24.4 Å². The maximum atomic E-state index is 13.5. The summed E-state index contributed by atoms with van der Waals surface area (Å²) in [6.45, 7) is 7.37. The predicted octanol–water partition coefficient (Wildman–Crippen LogP) is 3.82. The van der Waals surface area contributed by atoms with Crippen molar-refractivity contribution in [2.75, 3.05) is 45.8 Å². The SMILES string of the molecule is CCN(CC)CCOc1cc(NC(=O)c2cc(F)ccc2OC)ccc1OC. The van der Waals surface area contributed by atoms with Gasteiger partial charge in [-0.15, -0.1) is 0 Å². The van der Waals surface area contributed by atoms with Gasteiger partial charge in [0.2, 0.25) is 0 Å². The highest BCUT2D eigenvalue weighted by atomic mass is 19.1. The molecular formula is C21H27FN2O4. The Kier molecular flexibility index (Phi) is 8.07. The molecule has 0 saturated carbocycles. The van der Waals surface area contributed by atoms with Crippen molar-refractivity contribution < 1.29 is 23.4 Å². The van der Waals surface area contributed by atoms with Crippen LogP contribution in [0.4, 0.5) is 10.1 Å². The lowest BCUT2D eigenvalue weighted by Crippen LogP contribution is -2.28. The maximum absolute atomic E-state index is 13.5. The normalized spacial score (nSPS) is 10.6. The van der Waals surface area contributed by atoms with Gasteiger partial charge in [-0.1, -0.05) is 13.8 Å². The van der Waals surface area contributed by atoms with Crippen LogP contribution in [0.5, 0.6) is 17.2 Å². The third kappa shape index (κ3) is 5.60. The number of carbonyl (C=O) groups is 1. The molecule has 0 aliphatic rings. The first-order valence-electron chi connectivity index (χ1n) is 9.20. The zero-order valence-electron chi connectivity index (χ0n) is 16.8. The molecule has 0 aliphatic heterocycles. The summed E-state index contributed by atoms with van der Waals surface area (Å²) in [5, 5.41) is 2.74. The van der Waals surface area contributed by atoms with Crippen molar-refractivity contribution in [2.45, 2.75) is 13.8 Å². The first kappa shape index (κ1) is 21.5. The third-order valence-corrected chi connectivity index (χ3v) is 4.39. The minimum Gasteiger partial charge on any atom is -0.496 e. The third-order valence-electron chi connectivity index (χ3n) is 4.39. The van der Waals surface area contributed by atoms with Crippen LogP contribution in [0.25, 0.3) is 0 Å². The van der Waals surface area contributed by atoms with Crippen molar-refractivity contribution >= 4 is 11.6 Å². The predicted molar refractivity (Wildman–Crippen MR) is 107 cm³/mol. The fourth-order valence-electron chi connectivity index (χ4n) is 2.75. The fourth-order valence-corrected chi connectivity index (χ4v) is 2.75. The Morgan fingerprint density at radius 1 is 1.00 bits per heavy atom. The lowest BCUT2D eigenvalue weighted by molar-refractivity contribution is 0.102. The fraction of sp³-hybridized carbons (Fsp3) is 0.381. The summed E-state index contributed by atoms with van der Waals surface area (Å²) in [6.07, 6.45) is 0. The number of rotatable bonds is 10. The highest BCUT2D eigenvalue weighted by Crippen LogP contribution is 2.31. The Morgan fingerprint density at radius 2 is 1.68 bits per heavy atom. The second kappa shape index (κ2) is 10.5. The van der Waals surface area contributed by atoms with Crippen LogP contribution in [0, 0.1) is 5.82 Å². The van der Waals surface area contributed by atoms with E-state index >= 15 is 0 Å². The summed E-state index contributed by atoms with van der Waals surface area (Å²) in [5.41, 5.74) is 0.622. The Morgan fingerprint density at radius 3 is 2.32 bits per heavy atom. The average molecular weight is 390 g/mol. The van der Waals surface area contributed by atoms with E-state index < -0.39 is 11.7 Å². The second-order valence-corrected chi connectivity index (χ2v) is 6.04. The van der Waals surface area contributed by atoms with Gasteiger partial charge in [0.25, 0.3) is 5.91 Å². The number of halogens is 1. The molecule has 0 radical (unpaired) electrons. The Labute approximate surface area is 165 Å². The first-order chi connectivity index (χ1) is 13.5. The molecule has 0 unspecified atom stereocenters. The van der Waals surface area contributed by atoms with Gasteiger partial charge in [-0.2, -0.15) is 0 Å². The minimum absolute atomic E-state index is 0.113. The van der Waals surface area contributed by atoms with Crippen molar-refractivity contribution in [3.05, 3.63) is 47.8 Å². The van der Waals surface area contributed by atoms with Crippen LogP contribution in [0.15, 0.2) is 36.4 Å². The van der Waals surface area contributed by atoms with Gasteiger partial charge in [0.1, 0.15) is 18.2 Å². The summed E-state index contributed by atoms with van der Waals surface area (Å²) in [7, 11) is 2.99. The van der Waals surface area contributed by atoms with Crippen molar-refractivity contribution in [1.29, 1.82) is 0 Å². The van der Waals surface area contributed by atoms with Gasteiger partial charge >= 0.3 is 0 Å². The highest BCUT2D eigenvalue weighted by molar-refractivity contribution is 6.06. The maximum Gasteiger partial charge on any atom is 0.259 e. The molecule has 2 aromatic carbocycles. The molecule has 152 valence electrons. The molecule has 7 heteroatoms. The number of benzene rings is 2. The number of nitrogens with one attached hydrogen (secondary N) is 1. The van der Waals surface area contributed by atoms with Gasteiger partial charge in [-0.3, -0.25) is 4.79 Å². The number of anilines is 1. The lowest BCUT2D eigenvalue weighted by atomic mass is 10.1. The van der Waals surface area contributed by atoms with Crippen LogP contribution in [0.2, 0.25) is 0 Å². The van der Waals surface area contributed by atoms with Crippen molar-refractivity contribution in [2.24, 2.45) is 0 Å². The first-order valence-corrected chi connectivity index (χ1v) is 9.20. The van der Waals surface area contributed by atoms with Gasteiger partial charge in [0, 0.05) is 18.3 Å². The van der Waals surface area contributed by atoms with Crippen LogP contribution in [0.1, 0.15) is 24.2 Å². The molecule has 0 spiro atoms. The Bertz CT molecular complexity index is 794. The number of ether oxygens (including phenoxy) is 3. The molecule has 2 aromatic rings. The van der Waals surface area contributed by atoms with Gasteiger partial charge in [-0.25, -0.2) is 4.39 Å². The molecule has 0 aromatic heterocycles. The molecule has 0 fully saturated rings. The van der Waals surface area contributed by atoms with Gasteiger partial charge in [0.05, 0.1) is 19.8 Å². The molecular weight excluding hydrogens is 363 g/mol. The van der Waals surface area contributed by atoms with E-state index in [1.54, 1.807) is 25.3 Å². The average Bonchev–Trinajstić information content (AvgIpc) is 2.71. The minimum atomic E-state index is -0.513. The summed E-state index contributed by atoms with van der Waals surface area (Å²) in [5.74, 6) is 0.402. The topological polar surface area (TPSA) is 60.0 Å². The Balaban J connectivity index is 2.14. The van der Waals surface area contributed by atoms with E-state index in [9.17, 15) is 9.18 Å². The van der Waals surface area contributed by atoms with E-state index in [-0.39, 0.29) is 5.56 Å². The van der Waals surface area contributed by atoms with Crippen molar-refractivity contribution in [3.8, 4) is 17.2 Å². The summed E-state index contributed by atoms with van der Waals surface area (Å²) >= 11 is 0. The van der Waals surface area contributed by atoms with Crippen LogP contribution in [-0.4, -0.2) is 51.3 Å². The number of hydrogen-bond donors (Lipinski definition) is 1. The second-order valence-electron chi connectivity index (χ2n) is 6.04. The van der Waals surface area contributed by atoms with Crippen LogP contribution < -0.4 is 19.5 Å². The van der Waals surface area contributed by atoms with E-state index in [0.717, 1.165) is 25.7 Å². The van der Waals surface area contributed by atoms with Crippen LogP contribution >= 0.6 is 0 Å². The number of methoxy groups -OCH3 is 2. The van der Waals surface area contributed by atoms with Crippen LogP contribution in [-0.2, 0) is 0 Å². The molecule has 0 heterocycles. The van der Waals surface area contributed by atoms with E-state index in [1.807, 2.05) is 0 Å². The standard InChI is InChI=1S/C21H27FN2O4/c1-5-24(6-2)11-12-28-20-14-16(8-10-19(20)27-4)23-21(25)17-13-15(22)7-9-18(17)26-3/h7-10,13-14H,5-6,11-12H2,1-4H3,(H,23,25). The number of hydrogen-bond acceptors (Lipinski definition) is 5. The molecule has 0 atom stereocenters. The summed E-state index contributed by atoms with van der Waals surface area (Å²) in [6, 6.07) is 8.89. The summed E-state index contributed by atoms with van der Waals surface area (Å²) in [4.78, 5) is 14.8. The summed E-state index contributed by atoms with van der Waals surface area (Å²) < 4.78 is 29.9. The van der Waals surface area contributed by atoms with Crippen molar-refractivity contribution in [3.63, 3.8) is 0 Å². The number of carbonyl (C=O) groups excluding carboxylic acids is 1. The molecule has 2 rings (SSSR count). The highest BCUT2D eigenvalue weighted by Gasteiger charge is 2.15. The van der Waals surface area contributed by atoms with Crippen molar-refractivity contribution in [1.82, 2.24) is 4.90 Å². The number of likely N-dealkylation sites (N-methyl/N-ethyl adjacent to an activating group) is 1. The van der Waals surface area contributed by atoms with E-state index in [4.69, 9.17) is 14.2 Å². The van der Waals surface area contributed by atoms with Gasteiger partial charge in [-0.05, 0) is 43.4 Å². The molecule has 28 heavy (non-hydrogen) atoms. The van der Waals surface area contributed by atoms with E-state index in [1.165, 1.54) is 19.2 Å². The number of amides is 1. The molecule has 0 bridgehead atoms. The van der Waals surface area contributed by atoms with Gasteiger partial charge in [0.15, 0.2) is 11.5 Å². The zero-order valence-corrected chi connectivity index (χ0v) is 16.8. The zero-order chi connectivity index (χ0) is 20.5. The monoisotopic (exact) mass is 390 g/mol. The molecule has 0 saturated heterocycles. The molecule has 0 aliphatic carbocycles. The Hall–Kier alpha value is -2.80. The molecule has 1 amide bonds. The number of nitrogens with zero attached hydrogens (tertiary/aromatic N) is 1. The lowest BCUT2D eigenvalue weighted by Gasteiger charge is -2.19. The quantitative estimate of drug-likeness (QED) is 0.668. The van der Waals surface area contributed by atoms with E-state index in [0.29, 0.717) is 29.5 Å². The smallest absolute Gasteiger partial charge is 0.259 e. The van der Waals surface area contributed by atoms with Crippen LogP contribution in [0.3, 0.4) is 0 Å².